The highest BCUT2D eigenvalue weighted by Gasteiger charge is 1.96. The van der Waals surface area contributed by atoms with Crippen LogP contribution in [0.2, 0.25) is 0 Å². The van der Waals surface area contributed by atoms with Crippen molar-refractivity contribution in [1.82, 2.24) is 10.6 Å². The topological polar surface area (TPSA) is 61.4 Å². The summed E-state index contributed by atoms with van der Waals surface area (Å²) in [4.78, 5) is 9.83. The summed E-state index contributed by atoms with van der Waals surface area (Å²) < 4.78 is 0. The average Bonchev–Trinajstić information content (AvgIpc) is 2.05. The number of carboxylic acids is 1. The second-order valence-electron chi connectivity index (χ2n) is 2.26. The Labute approximate surface area is 97.5 Å². The van der Waals surface area contributed by atoms with Gasteiger partial charge in [-0.2, -0.15) is 0 Å². The number of aliphatic carboxylic acids is 1. The number of nitrogens with one attached hydrogen (secondary N) is 2. The molecule has 0 aliphatic carbocycles. The zero-order valence-electron chi connectivity index (χ0n) is 9.68. The lowest BCUT2D eigenvalue weighted by molar-refractivity contribution is -0.132. The van der Waals surface area contributed by atoms with E-state index in [1.807, 2.05) is 28.2 Å². The largest absolute Gasteiger partial charge is 0.478 e. The Morgan fingerprint density at radius 1 is 1.21 bits per heavy atom. The monoisotopic (exact) mass is 270 g/mol. The normalized spacial score (nSPS) is 6.64. The number of halogens is 1. The van der Waals surface area contributed by atoms with Crippen molar-refractivity contribution in [2.75, 3.05) is 28.2 Å². The van der Waals surface area contributed by atoms with Gasteiger partial charge in [-0.25, -0.2) is 4.79 Å². The number of hydrogen-bond donors (Lipinski definition) is 3. The van der Waals surface area contributed by atoms with Crippen LogP contribution in [0.5, 0.6) is 0 Å². The summed E-state index contributed by atoms with van der Waals surface area (Å²) in [6.07, 6.45) is 0.523. The standard InChI is InChI=1S/C5H8O2.2C2H7N.BrH/c1-3-4(2)5(6)7;2*1-3-2;/h2-3H2,1H3,(H,6,7);2*3H,1-2H3;1H. The summed E-state index contributed by atoms with van der Waals surface area (Å²) in [5.74, 6) is -0.900. The van der Waals surface area contributed by atoms with E-state index >= 15 is 0 Å². The first-order valence-corrected chi connectivity index (χ1v) is 4.09. The van der Waals surface area contributed by atoms with Crippen molar-refractivity contribution in [1.29, 1.82) is 0 Å². The maximum absolute atomic E-state index is 9.83. The molecule has 0 bridgehead atoms. The molecule has 0 unspecified atom stereocenters. The van der Waals surface area contributed by atoms with E-state index in [0.717, 1.165) is 0 Å². The van der Waals surface area contributed by atoms with Crippen LogP contribution in [0.15, 0.2) is 12.2 Å². The summed E-state index contributed by atoms with van der Waals surface area (Å²) in [6, 6.07) is 0. The Morgan fingerprint density at radius 2 is 1.43 bits per heavy atom. The molecule has 0 radical (unpaired) electrons. The second kappa shape index (κ2) is 22.9. The molecule has 0 aromatic heterocycles. The molecule has 0 spiro atoms. The summed E-state index contributed by atoms with van der Waals surface area (Å²) in [5.41, 5.74) is 0.264. The van der Waals surface area contributed by atoms with Crippen molar-refractivity contribution in [3.8, 4) is 0 Å². The van der Waals surface area contributed by atoms with Gasteiger partial charge in [0, 0.05) is 5.57 Å². The quantitative estimate of drug-likeness (QED) is 0.662. The lowest BCUT2D eigenvalue weighted by atomic mass is 10.2. The number of carbonyl (C=O) groups is 1. The van der Waals surface area contributed by atoms with E-state index in [0.29, 0.717) is 6.42 Å². The minimum atomic E-state index is -0.900. The molecule has 0 aliphatic rings. The number of hydrogen-bond acceptors (Lipinski definition) is 3. The van der Waals surface area contributed by atoms with Gasteiger partial charge in [-0.1, -0.05) is 13.5 Å². The van der Waals surface area contributed by atoms with Crippen molar-refractivity contribution >= 4 is 23.0 Å². The Morgan fingerprint density at radius 3 is 1.43 bits per heavy atom. The van der Waals surface area contributed by atoms with Gasteiger partial charge in [0.2, 0.25) is 0 Å². The summed E-state index contributed by atoms with van der Waals surface area (Å²) in [6.45, 7) is 5.03. The van der Waals surface area contributed by atoms with Crippen LogP contribution in [0.25, 0.3) is 0 Å². The number of rotatable bonds is 2. The predicted molar refractivity (Wildman–Crippen MR) is 67.4 cm³/mol. The Bertz CT molecular complexity index is 128. The van der Waals surface area contributed by atoms with Gasteiger partial charge in [-0.3, -0.25) is 0 Å². The highest BCUT2D eigenvalue weighted by atomic mass is 79.9. The average molecular weight is 271 g/mol. The molecule has 88 valence electrons. The first kappa shape index (κ1) is 23.4. The van der Waals surface area contributed by atoms with Crippen molar-refractivity contribution in [2.24, 2.45) is 0 Å². The van der Waals surface area contributed by atoms with Crippen LogP contribution in [0.4, 0.5) is 0 Å². The lowest BCUT2D eigenvalue weighted by Gasteiger charge is -1.87. The van der Waals surface area contributed by atoms with E-state index in [1.165, 1.54) is 0 Å². The van der Waals surface area contributed by atoms with Crippen LogP contribution in [0, 0.1) is 0 Å². The van der Waals surface area contributed by atoms with Crippen LogP contribution >= 0.6 is 17.0 Å². The molecule has 0 aromatic rings. The van der Waals surface area contributed by atoms with Crippen LogP contribution in [0.1, 0.15) is 13.3 Å². The number of carboxylic acid groups (broad SMARTS) is 1. The molecule has 0 fully saturated rings. The molecule has 0 amide bonds. The van der Waals surface area contributed by atoms with Gasteiger partial charge < -0.3 is 15.7 Å². The molecule has 0 saturated heterocycles. The fraction of sp³-hybridized carbons (Fsp3) is 0.667. The molecule has 0 aliphatic heterocycles. The second-order valence-corrected chi connectivity index (χ2v) is 2.26. The molecular weight excluding hydrogens is 248 g/mol. The minimum Gasteiger partial charge on any atom is -0.478 e. The van der Waals surface area contributed by atoms with Crippen molar-refractivity contribution < 1.29 is 9.90 Å². The first-order valence-electron chi connectivity index (χ1n) is 4.09. The molecule has 3 N–H and O–H groups in total. The molecule has 4 nitrogen and oxygen atoms in total. The fourth-order valence-electron chi connectivity index (χ4n) is 0.151. The predicted octanol–water partition coefficient (Wildman–Crippen LogP) is 1.29. The Hall–Kier alpha value is -0.390. The molecule has 5 heteroatoms. The van der Waals surface area contributed by atoms with Crippen LogP contribution in [-0.4, -0.2) is 39.3 Å². The van der Waals surface area contributed by atoms with Gasteiger partial charge in [0.15, 0.2) is 0 Å². The Kier molecular flexibility index (Phi) is 38.4. The molecule has 0 atom stereocenters. The van der Waals surface area contributed by atoms with Gasteiger partial charge in [-0.15, -0.1) is 17.0 Å². The van der Waals surface area contributed by atoms with Crippen molar-refractivity contribution in [3.63, 3.8) is 0 Å². The van der Waals surface area contributed by atoms with Crippen LogP contribution < -0.4 is 10.6 Å². The molecular formula is C9H23BrN2O2. The van der Waals surface area contributed by atoms with Gasteiger partial charge in [-0.05, 0) is 34.6 Å². The zero-order valence-corrected chi connectivity index (χ0v) is 11.4. The molecule has 0 saturated carbocycles. The fourth-order valence-corrected chi connectivity index (χ4v) is 0.151. The minimum absolute atomic E-state index is 0. The van der Waals surface area contributed by atoms with Crippen molar-refractivity contribution in [2.45, 2.75) is 13.3 Å². The van der Waals surface area contributed by atoms with E-state index in [-0.39, 0.29) is 22.6 Å². The van der Waals surface area contributed by atoms with Gasteiger partial charge >= 0.3 is 5.97 Å². The van der Waals surface area contributed by atoms with Crippen LogP contribution in [-0.2, 0) is 4.79 Å². The molecule has 14 heavy (non-hydrogen) atoms. The van der Waals surface area contributed by atoms with Gasteiger partial charge in [0.05, 0.1) is 0 Å². The van der Waals surface area contributed by atoms with E-state index in [1.54, 1.807) is 6.92 Å². The smallest absolute Gasteiger partial charge is 0.330 e. The van der Waals surface area contributed by atoms with E-state index < -0.39 is 5.97 Å². The molecule has 0 rings (SSSR count). The van der Waals surface area contributed by atoms with Gasteiger partial charge in [0.1, 0.15) is 0 Å². The third kappa shape index (κ3) is 41.5. The van der Waals surface area contributed by atoms with Crippen molar-refractivity contribution in [3.05, 3.63) is 12.2 Å². The highest BCUT2D eigenvalue weighted by Crippen LogP contribution is 1.93. The Balaban J connectivity index is -0.0000000610. The van der Waals surface area contributed by atoms with E-state index in [2.05, 4.69) is 17.2 Å². The van der Waals surface area contributed by atoms with E-state index in [9.17, 15) is 4.79 Å². The maximum Gasteiger partial charge on any atom is 0.330 e. The summed E-state index contributed by atoms with van der Waals surface area (Å²) >= 11 is 0. The molecule has 0 aromatic carbocycles. The highest BCUT2D eigenvalue weighted by molar-refractivity contribution is 8.93. The summed E-state index contributed by atoms with van der Waals surface area (Å²) in [5, 5.41) is 13.6. The third-order valence-corrected chi connectivity index (χ3v) is 0.729. The zero-order chi connectivity index (χ0) is 11.3. The summed E-state index contributed by atoms with van der Waals surface area (Å²) in [7, 11) is 7.50. The van der Waals surface area contributed by atoms with Gasteiger partial charge in [0.25, 0.3) is 0 Å². The molecule has 0 heterocycles. The SMILES string of the molecule is Br.C=C(CC)C(=O)O.CNC.CNC. The maximum atomic E-state index is 9.83. The lowest BCUT2D eigenvalue weighted by Crippen LogP contribution is -1.95. The third-order valence-electron chi connectivity index (χ3n) is 0.729. The first-order chi connectivity index (χ1) is 6.01. The van der Waals surface area contributed by atoms with E-state index in [4.69, 9.17) is 5.11 Å². The van der Waals surface area contributed by atoms with Crippen LogP contribution in [0.3, 0.4) is 0 Å².